The van der Waals surface area contributed by atoms with Gasteiger partial charge in [0.1, 0.15) is 12.4 Å². The Hall–Kier alpha value is -1.28. The minimum absolute atomic E-state index is 0.579. The first-order chi connectivity index (χ1) is 11.2. The molecular weight excluding hydrogens is 282 g/mol. The number of hydrogen-bond donors (Lipinski definition) is 0. The molecule has 23 heavy (non-hydrogen) atoms. The molecule has 0 heterocycles. The average molecular weight is 316 g/mol. The Labute approximate surface area is 142 Å². The van der Waals surface area contributed by atoms with Gasteiger partial charge in [-0.05, 0) is 55.8 Å². The summed E-state index contributed by atoms with van der Waals surface area (Å²) in [5.74, 6) is 1.74. The second-order valence-electron chi connectivity index (χ2n) is 6.79. The maximum atomic E-state index is 6.28. The molecule has 0 amide bonds. The summed E-state index contributed by atoms with van der Waals surface area (Å²) in [6.45, 7) is 12.9. The van der Waals surface area contributed by atoms with Crippen molar-refractivity contribution in [1.29, 1.82) is 0 Å². The van der Waals surface area contributed by atoms with Crippen LogP contribution in [0.4, 0.5) is 0 Å². The summed E-state index contributed by atoms with van der Waals surface area (Å²) in [5, 5.41) is 0. The summed E-state index contributed by atoms with van der Waals surface area (Å²) >= 11 is 0. The van der Waals surface area contributed by atoms with Crippen LogP contribution in [0.15, 0.2) is 29.8 Å². The normalized spacial score (nSPS) is 14.8. The van der Waals surface area contributed by atoms with Crippen LogP contribution in [0.2, 0.25) is 0 Å². The van der Waals surface area contributed by atoms with E-state index in [-0.39, 0.29) is 0 Å². The molecular formula is C21H33NO. The Balaban J connectivity index is 2.10. The van der Waals surface area contributed by atoms with Crippen LogP contribution in [0, 0.1) is 0 Å². The molecule has 0 aliphatic heterocycles. The summed E-state index contributed by atoms with van der Waals surface area (Å²) < 4.78 is 6.28. The molecule has 0 spiro atoms. The SMILES string of the molecule is CCN(CC)CCOC(=C1CCCC1)c1ccc(C(C)C)cc1. The Kier molecular flexibility index (Phi) is 7.16. The highest BCUT2D eigenvalue weighted by molar-refractivity contribution is 5.64. The summed E-state index contributed by atoms with van der Waals surface area (Å²) in [5.41, 5.74) is 4.17. The van der Waals surface area contributed by atoms with E-state index in [0.29, 0.717) is 5.92 Å². The van der Waals surface area contributed by atoms with Gasteiger partial charge in [0.25, 0.3) is 0 Å². The third kappa shape index (κ3) is 5.10. The summed E-state index contributed by atoms with van der Waals surface area (Å²) in [4.78, 5) is 2.42. The largest absolute Gasteiger partial charge is 0.492 e. The van der Waals surface area contributed by atoms with Crippen molar-refractivity contribution in [2.24, 2.45) is 0 Å². The van der Waals surface area contributed by atoms with Gasteiger partial charge < -0.3 is 9.64 Å². The zero-order valence-electron chi connectivity index (χ0n) is 15.4. The minimum atomic E-state index is 0.579. The summed E-state index contributed by atoms with van der Waals surface area (Å²) in [7, 11) is 0. The molecule has 1 aliphatic carbocycles. The van der Waals surface area contributed by atoms with E-state index in [4.69, 9.17) is 4.74 Å². The molecule has 1 aromatic carbocycles. The molecule has 1 aromatic rings. The van der Waals surface area contributed by atoms with E-state index in [1.165, 1.54) is 42.4 Å². The third-order valence-electron chi connectivity index (χ3n) is 4.92. The van der Waals surface area contributed by atoms with Crippen LogP contribution in [0.3, 0.4) is 0 Å². The lowest BCUT2D eigenvalue weighted by Crippen LogP contribution is -2.27. The predicted octanol–water partition coefficient (Wildman–Crippen LogP) is 5.45. The number of likely N-dealkylation sites (N-methyl/N-ethyl adjacent to an activating group) is 1. The number of rotatable bonds is 8. The van der Waals surface area contributed by atoms with Gasteiger partial charge in [0.15, 0.2) is 0 Å². The smallest absolute Gasteiger partial charge is 0.125 e. The van der Waals surface area contributed by atoms with E-state index in [2.05, 4.69) is 56.9 Å². The topological polar surface area (TPSA) is 12.5 Å². The third-order valence-corrected chi connectivity index (χ3v) is 4.92. The zero-order valence-corrected chi connectivity index (χ0v) is 15.4. The van der Waals surface area contributed by atoms with E-state index in [9.17, 15) is 0 Å². The van der Waals surface area contributed by atoms with E-state index in [1.807, 2.05) is 0 Å². The van der Waals surface area contributed by atoms with Crippen LogP contribution in [0.1, 0.15) is 70.4 Å². The van der Waals surface area contributed by atoms with Crippen molar-refractivity contribution in [3.8, 4) is 0 Å². The minimum Gasteiger partial charge on any atom is -0.492 e. The van der Waals surface area contributed by atoms with Crippen LogP contribution in [-0.4, -0.2) is 31.1 Å². The van der Waals surface area contributed by atoms with Gasteiger partial charge in [0.2, 0.25) is 0 Å². The molecule has 1 saturated carbocycles. The first-order valence-electron chi connectivity index (χ1n) is 9.33. The number of allylic oxidation sites excluding steroid dienone is 1. The first kappa shape index (κ1) is 18.1. The number of ether oxygens (including phenoxy) is 1. The Morgan fingerprint density at radius 1 is 1.04 bits per heavy atom. The van der Waals surface area contributed by atoms with Crippen LogP contribution in [0.25, 0.3) is 5.76 Å². The molecule has 128 valence electrons. The number of hydrogen-bond acceptors (Lipinski definition) is 2. The highest BCUT2D eigenvalue weighted by Crippen LogP contribution is 2.33. The van der Waals surface area contributed by atoms with Gasteiger partial charge in [-0.15, -0.1) is 0 Å². The molecule has 2 heteroatoms. The fourth-order valence-corrected chi connectivity index (χ4v) is 3.25. The number of nitrogens with zero attached hydrogens (tertiary/aromatic N) is 1. The van der Waals surface area contributed by atoms with Gasteiger partial charge in [-0.2, -0.15) is 0 Å². The van der Waals surface area contributed by atoms with Crippen LogP contribution < -0.4 is 0 Å². The quantitative estimate of drug-likeness (QED) is 0.591. The first-order valence-corrected chi connectivity index (χ1v) is 9.33. The zero-order chi connectivity index (χ0) is 16.7. The second-order valence-corrected chi connectivity index (χ2v) is 6.79. The van der Waals surface area contributed by atoms with Crippen molar-refractivity contribution in [2.75, 3.05) is 26.2 Å². The second kappa shape index (κ2) is 9.12. The molecule has 1 fully saturated rings. The standard InChI is InChI=1S/C21H33NO/c1-5-22(6-2)15-16-23-21(19-9-7-8-10-19)20-13-11-18(12-14-20)17(3)4/h11-14,17H,5-10,15-16H2,1-4H3. The Morgan fingerprint density at radius 3 is 2.17 bits per heavy atom. The van der Waals surface area contributed by atoms with E-state index in [1.54, 1.807) is 0 Å². The van der Waals surface area contributed by atoms with Crippen molar-refractivity contribution in [3.05, 3.63) is 41.0 Å². The van der Waals surface area contributed by atoms with Crippen LogP contribution in [0.5, 0.6) is 0 Å². The predicted molar refractivity (Wildman–Crippen MR) is 99.7 cm³/mol. The van der Waals surface area contributed by atoms with Crippen molar-refractivity contribution < 1.29 is 4.74 Å². The van der Waals surface area contributed by atoms with E-state index < -0.39 is 0 Å². The lowest BCUT2D eigenvalue weighted by atomic mass is 10.00. The van der Waals surface area contributed by atoms with Crippen LogP contribution in [-0.2, 0) is 4.74 Å². The Morgan fingerprint density at radius 2 is 1.65 bits per heavy atom. The fourth-order valence-electron chi connectivity index (χ4n) is 3.25. The van der Waals surface area contributed by atoms with Crippen LogP contribution >= 0.6 is 0 Å². The highest BCUT2D eigenvalue weighted by Gasteiger charge is 2.16. The van der Waals surface area contributed by atoms with Gasteiger partial charge >= 0.3 is 0 Å². The molecule has 0 aromatic heterocycles. The monoisotopic (exact) mass is 315 g/mol. The van der Waals surface area contributed by atoms with E-state index >= 15 is 0 Å². The molecule has 0 atom stereocenters. The molecule has 2 nitrogen and oxygen atoms in total. The maximum Gasteiger partial charge on any atom is 0.125 e. The molecule has 0 radical (unpaired) electrons. The van der Waals surface area contributed by atoms with Gasteiger partial charge in [-0.1, -0.05) is 52.0 Å². The molecule has 0 N–H and O–H groups in total. The van der Waals surface area contributed by atoms with E-state index in [0.717, 1.165) is 32.0 Å². The van der Waals surface area contributed by atoms with Gasteiger partial charge in [0.05, 0.1) is 0 Å². The summed E-state index contributed by atoms with van der Waals surface area (Å²) in [6, 6.07) is 8.99. The lowest BCUT2D eigenvalue weighted by Gasteiger charge is -2.20. The van der Waals surface area contributed by atoms with Gasteiger partial charge in [-0.3, -0.25) is 0 Å². The lowest BCUT2D eigenvalue weighted by molar-refractivity contribution is 0.200. The fraction of sp³-hybridized carbons (Fsp3) is 0.619. The summed E-state index contributed by atoms with van der Waals surface area (Å²) in [6.07, 6.45) is 5.02. The van der Waals surface area contributed by atoms with Crippen molar-refractivity contribution in [2.45, 2.75) is 59.3 Å². The van der Waals surface area contributed by atoms with Crippen molar-refractivity contribution >= 4 is 5.76 Å². The highest BCUT2D eigenvalue weighted by atomic mass is 16.5. The van der Waals surface area contributed by atoms with Crippen molar-refractivity contribution in [1.82, 2.24) is 4.90 Å². The average Bonchev–Trinajstić information content (AvgIpc) is 3.09. The Bertz CT molecular complexity index is 489. The molecule has 0 unspecified atom stereocenters. The molecule has 2 rings (SSSR count). The maximum absolute atomic E-state index is 6.28. The van der Waals surface area contributed by atoms with Gasteiger partial charge in [0, 0.05) is 12.1 Å². The molecule has 0 bridgehead atoms. The number of benzene rings is 1. The van der Waals surface area contributed by atoms with Gasteiger partial charge in [-0.25, -0.2) is 0 Å². The molecule has 0 saturated heterocycles. The van der Waals surface area contributed by atoms with Crippen molar-refractivity contribution in [3.63, 3.8) is 0 Å². The molecule has 1 aliphatic rings.